The minimum atomic E-state index is -0.380. The van der Waals surface area contributed by atoms with Crippen LogP contribution < -0.4 is 11.1 Å². The summed E-state index contributed by atoms with van der Waals surface area (Å²) in [4.78, 5) is 12.8. The Morgan fingerprint density at radius 2 is 1.76 bits per heavy atom. The molecule has 21 heavy (non-hydrogen) atoms. The molecule has 2 aromatic carbocycles. The fourth-order valence-corrected chi connectivity index (χ4v) is 3.34. The SMILES string of the molecule is NCC1(C(=O)Nc2cccc3ccccc23)CCCCC1. The molecule has 1 saturated carbocycles. The molecule has 0 heterocycles. The van der Waals surface area contributed by atoms with Gasteiger partial charge in [-0.1, -0.05) is 55.7 Å². The molecule has 110 valence electrons. The molecule has 3 heteroatoms. The Balaban J connectivity index is 1.89. The van der Waals surface area contributed by atoms with E-state index < -0.39 is 0 Å². The zero-order valence-electron chi connectivity index (χ0n) is 12.3. The third-order valence-electron chi connectivity index (χ3n) is 4.72. The van der Waals surface area contributed by atoms with Gasteiger partial charge in [-0.05, 0) is 24.3 Å². The van der Waals surface area contributed by atoms with Crippen LogP contribution in [0.1, 0.15) is 32.1 Å². The largest absolute Gasteiger partial charge is 0.329 e. The predicted octanol–water partition coefficient (Wildman–Crippen LogP) is 3.69. The first-order chi connectivity index (χ1) is 10.2. The van der Waals surface area contributed by atoms with Crippen LogP contribution in [0.3, 0.4) is 0 Å². The summed E-state index contributed by atoms with van der Waals surface area (Å²) < 4.78 is 0. The van der Waals surface area contributed by atoms with Gasteiger partial charge in [-0.3, -0.25) is 4.79 Å². The number of amides is 1. The minimum Gasteiger partial charge on any atom is -0.329 e. The average molecular weight is 282 g/mol. The monoisotopic (exact) mass is 282 g/mol. The van der Waals surface area contributed by atoms with Crippen molar-refractivity contribution in [1.82, 2.24) is 0 Å². The van der Waals surface area contributed by atoms with E-state index in [4.69, 9.17) is 5.73 Å². The van der Waals surface area contributed by atoms with Gasteiger partial charge < -0.3 is 11.1 Å². The van der Waals surface area contributed by atoms with E-state index in [1.807, 2.05) is 30.3 Å². The van der Waals surface area contributed by atoms with Crippen LogP contribution in [0.15, 0.2) is 42.5 Å². The highest BCUT2D eigenvalue weighted by Crippen LogP contribution is 2.37. The molecule has 0 atom stereocenters. The van der Waals surface area contributed by atoms with Crippen molar-refractivity contribution in [2.24, 2.45) is 11.1 Å². The molecule has 3 nitrogen and oxygen atoms in total. The maximum absolute atomic E-state index is 12.8. The lowest BCUT2D eigenvalue weighted by Crippen LogP contribution is -2.43. The van der Waals surface area contributed by atoms with Crippen molar-refractivity contribution in [2.75, 3.05) is 11.9 Å². The molecule has 3 N–H and O–H groups in total. The molecule has 0 aromatic heterocycles. The standard InChI is InChI=1S/C18H22N2O/c19-13-18(11-4-1-5-12-18)17(21)20-16-10-6-8-14-7-2-3-9-15(14)16/h2-3,6-10H,1,4-5,11-13,19H2,(H,20,21). The molecule has 0 radical (unpaired) electrons. The van der Waals surface area contributed by atoms with Gasteiger partial charge in [0.1, 0.15) is 0 Å². The van der Waals surface area contributed by atoms with Crippen molar-refractivity contribution in [3.63, 3.8) is 0 Å². The number of nitrogens with one attached hydrogen (secondary N) is 1. The summed E-state index contributed by atoms with van der Waals surface area (Å²) in [6.07, 6.45) is 5.21. The van der Waals surface area contributed by atoms with Gasteiger partial charge in [-0.25, -0.2) is 0 Å². The Morgan fingerprint density at radius 1 is 1.05 bits per heavy atom. The summed E-state index contributed by atoms with van der Waals surface area (Å²) in [6.45, 7) is 0.434. The molecular formula is C18H22N2O. The smallest absolute Gasteiger partial charge is 0.231 e. The first kappa shape index (κ1) is 14.1. The molecule has 0 aliphatic heterocycles. The lowest BCUT2D eigenvalue weighted by molar-refractivity contribution is -0.126. The molecule has 1 amide bonds. The zero-order valence-corrected chi connectivity index (χ0v) is 12.3. The summed E-state index contributed by atoms with van der Waals surface area (Å²) in [5.41, 5.74) is 6.45. The van der Waals surface area contributed by atoms with Gasteiger partial charge in [0.25, 0.3) is 0 Å². The van der Waals surface area contributed by atoms with Crippen LogP contribution in [0.5, 0.6) is 0 Å². The molecule has 2 aromatic rings. The van der Waals surface area contributed by atoms with Gasteiger partial charge in [-0.15, -0.1) is 0 Å². The van der Waals surface area contributed by atoms with Crippen molar-refractivity contribution in [3.05, 3.63) is 42.5 Å². The first-order valence-electron chi connectivity index (χ1n) is 7.74. The summed E-state index contributed by atoms with van der Waals surface area (Å²) in [5.74, 6) is 0.0843. The molecule has 0 spiro atoms. The second-order valence-electron chi connectivity index (χ2n) is 6.03. The lowest BCUT2D eigenvalue weighted by atomic mass is 9.73. The Morgan fingerprint density at radius 3 is 2.52 bits per heavy atom. The number of hydrogen-bond donors (Lipinski definition) is 2. The summed E-state index contributed by atoms with van der Waals surface area (Å²) in [5, 5.41) is 5.35. The Kier molecular flexibility index (Phi) is 3.93. The fraction of sp³-hybridized carbons (Fsp3) is 0.389. The summed E-state index contributed by atoms with van der Waals surface area (Å²) in [7, 11) is 0. The number of hydrogen-bond acceptors (Lipinski definition) is 2. The Hall–Kier alpha value is -1.87. The Labute approximate surface area is 125 Å². The van der Waals surface area contributed by atoms with E-state index in [0.29, 0.717) is 6.54 Å². The average Bonchev–Trinajstić information content (AvgIpc) is 2.56. The van der Waals surface area contributed by atoms with Crippen LogP contribution in [0, 0.1) is 5.41 Å². The van der Waals surface area contributed by atoms with Gasteiger partial charge in [-0.2, -0.15) is 0 Å². The van der Waals surface area contributed by atoms with Gasteiger partial charge >= 0.3 is 0 Å². The second kappa shape index (κ2) is 5.86. The highest BCUT2D eigenvalue weighted by atomic mass is 16.2. The van der Waals surface area contributed by atoms with E-state index in [1.54, 1.807) is 0 Å². The van der Waals surface area contributed by atoms with E-state index in [-0.39, 0.29) is 11.3 Å². The number of nitrogens with two attached hydrogens (primary N) is 1. The normalized spacial score (nSPS) is 17.6. The van der Waals surface area contributed by atoms with Crippen molar-refractivity contribution in [1.29, 1.82) is 0 Å². The molecule has 3 rings (SSSR count). The first-order valence-corrected chi connectivity index (χ1v) is 7.74. The zero-order chi connectivity index (χ0) is 14.7. The second-order valence-corrected chi connectivity index (χ2v) is 6.03. The highest BCUT2D eigenvalue weighted by molar-refractivity contribution is 6.04. The van der Waals surface area contributed by atoms with Crippen LogP contribution in [0.25, 0.3) is 10.8 Å². The molecule has 0 saturated heterocycles. The predicted molar refractivity (Wildman–Crippen MR) is 87.2 cm³/mol. The maximum Gasteiger partial charge on any atom is 0.231 e. The molecule has 1 aliphatic carbocycles. The fourth-order valence-electron chi connectivity index (χ4n) is 3.34. The number of anilines is 1. The van der Waals surface area contributed by atoms with Crippen molar-refractivity contribution in [3.8, 4) is 0 Å². The van der Waals surface area contributed by atoms with Crippen LogP contribution in [-0.4, -0.2) is 12.5 Å². The number of rotatable bonds is 3. The van der Waals surface area contributed by atoms with Crippen LogP contribution in [0.4, 0.5) is 5.69 Å². The highest BCUT2D eigenvalue weighted by Gasteiger charge is 2.38. The number of fused-ring (bicyclic) bond motifs is 1. The van der Waals surface area contributed by atoms with Crippen molar-refractivity contribution < 1.29 is 4.79 Å². The summed E-state index contributed by atoms with van der Waals surface area (Å²) in [6, 6.07) is 14.1. The van der Waals surface area contributed by atoms with Crippen LogP contribution in [0.2, 0.25) is 0 Å². The van der Waals surface area contributed by atoms with E-state index in [1.165, 1.54) is 6.42 Å². The number of carbonyl (C=O) groups excluding carboxylic acids is 1. The maximum atomic E-state index is 12.8. The number of carbonyl (C=O) groups is 1. The van der Waals surface area contributed by atoms with Gasteiger partial charge in [0.15, 0.2) is 0 Å². The van der Waals surface area contributed by atoms with Crippen LogP contribution >= 0.6 is 0 Å². The van der Waals surface area contributed by atoms with Gasteiger partial charge in [0.05, 0.1) is 5.41 Å². The quantitative estimate of drug-likeness (QED) is 0.902. The van der Waals surface area contributed by atoms with E-state index >= 15 is 0 Å². The van der Waals surface area contributed by atoms with E-state index in [2.05, 4.69) is 17.4 Å². The van der Waals surface area contributed by atoms with Crippen molar-refractivity contribution >= 4 is 22.4 Å². The van der Waals surface area contributed by atoms with Gasteiger partial charge in [0.2, 0.25) is 5.91 Å². The van der Waals surface area contributed by atoms with E-state index in [9.17, 15) is 4.79 Å². The minimum absolute atomic E-state index is 0.0843. The molecule has 0 unspecified atom stereocenters. The molecular weight excluding hydrogens is 260 g/mol. The molecule has 1 fully saturated rings. The number of benzene rings is 2. The molecule has 1 aliphatic rings. The third-order valence-corrected chi connectivity index (χ3v) is 4.72. The van der Waals surface area contributed by atoms with E-state index in [0.717, 1.165) is 42.1 Å². The Bertz CT molecular complexity index is 639. The molecule has 0 bridgehead atoms. The lowest BCUT2D eigenvalue weighted by Gasteiger charge is -2.34. The van der Waals surface area contributed by atoms with Crippen molar-refractivity contribution in [2.45, 2.75) is 32.1 Å². The van der Waals surface area contributed by atoms with Crippen LogP contribution in [-0.2, 0) is 4.79 Å². The summed E-state index contributed by atoms with van der Waals surface area (Å²) >= 11 is 0. The van der Waals surface area contributed by atoms with Gasteiger partial charge in [0, 0.05) is 17.6 Å². The topological polar surface area (TPSA) is 55.1 Å². The third kappa shape index (κ3) is 2.66.